The van der Waals surface area contributed by atoms with Gasteiger partial charge in [0.05, 0.1) is 10.2 Å². The molecule has 0 heterocycles. The molecule has 0 bridgehead atoms. The summed E-state index contributed by atoms with van der Waals surface area (Å²) in [5.41, 5.74) is 1.22. The molecule has 0 radical (unpaired) electrons. The molecule has 0 aliphatic heterocycles. The lowest BCUT2D eigenvalue weighted by Gasteiger charge is -2.17. The van der Waals surface area contributed by atoms with E-state index < -0.39 is 5.82 Å². The average Bonchev–Trinajstić information content (AvgIpc) is 2.42. The van der Waals surface area contributed by atoms with Gasteiger partial charge in [-0.15, -0.1) is 0 Å². The zero-order chi connectivity index (χ0) is 14.7. The van der Waals surface area contributed by atoms with Gasteiger partial charge in [0.2, 0.25) is 0 Å². The number of anilines is 1. The lowest BCUT2D eigenvalue weighted by Crippen LogP contribution is -2.08. The van der Waals surface area contributed by atoms with Gasteiger partial charge >= 0.3 is 0 Å². The molecular formula is C15H11BrF2N2. The normalized spacial score (nSPS) is 11.8. The van der Waals surface area contributed by atoms with Crippen molar-refractivity contribution in [3.05, 3.63) is 63.6 Å². The van der Waals surface area contributed by atoms with Gasteiger partial charge < -0.3 is 5.32 Å². The Morgan fingerprint density at radius 3 is 2.60 bits per heavy atom. The van der Waals surface area contributed by atoms with Crippen LogP contribution in [-0.4, -0.2) is 0 Å². The Morgan fingerprint density at radius 2 is 1.95 bits per heavy atom. The Labute approximate surface area is 124 Å². The third-order valence-corrected chi connectivity index (χ3v) is 3.55. The first-order valence-electron chi connectivity index (χ1n) is 5.93. The van der Waals surface area contributed by atoms with Crippen molar-refractivity contribution < 1.29 is 8.78 Å². The first-order valence-corrected chi connectivity index (χ1v) is 6.72. The van der Waals surface area contributed by atoms with Crippen LogP contribution in [-0.2, 0) is 0 Å². The van der Waals surface area contributed by atoms with Gasteiger partial charge in [0.1, 0.15) is 23.3 Å². The number of nitriles is 1. The summed E-state index contributed by atoms with van der Waals surface area (Å²) in [4.78, 5) is 0. The van der Waals surface area contributed by atoms with Crippen LogP contribution in [0.25, 0.3) is 0 Å². The summed E-state index contributed by atoms with van der Waals surface area (Å²) >= 11 is 3.12. The highest BCUT2D eigenvalue weighted by atomic mass is 79.9. The molecule has 1 atom stereocenters. The summed E-state index contributed by atoms with van der Waals surface area (Å²) in [5, 5.41) is 12.0. The number of benzene rings is 2. The minimum Gasteiger partial charge on any atom is -0.377 e. The van der Waals surface area contributed by atoms with E-state index in [9.17, 15) is 8.78 Å². The van der Waals surface area contributed by atoms with E-state index in [0.29, 0.717) is 10.2 Å². The van der Waals surface area contributed by atoms with Crippen molar-refractivity contribution in [2.24, 2.45) is 0 Å². The van der Waals surface area contributed by atoms with Crippen molar-refractivity contribution in [2.75, 3.05) is 5.32 Å². The lowest BCUT2D eigenvalue weighted by atomic mass is 10.1. The molecule has 2 aromatic carbocycles. The predicted octanol–water partition coefficient (Wildman–Crippen LogP) is 4.77. The van der Waals surface area contributed by atoms with Gasteiger partial charge in [-0.05, 0) is 52.7 Å². The first kappa shape index (κ1) is 14.5. The molecular weight excluding hydrogens is 326 g/mol. The van der Waals surface area contributed by atoms with Crippen molar-refractivity contribution in [3.63, 3.8) is 0 Å². The zero-order valence-corrected chi connectivity index (χ0v) is 12.2. The Hall–Kier alpha value is -1.93. The molecule has 0 saturated heterocycles. The monoisotopic (exact) mass is 336 g/mol. The summed E-state index contributed by atoms with van der Waals surface area (Å²) in [6.45, 7) is 1.85. The van der Waals surface area contributed by atoms with Crippen LogP contribution in [0.4, 0.5) is 14.5 Å². The number of hydrogen-bond donors (Lipinski definition) is 1. The quantitative estimate of drug-likeness (QED) is 0.876. The van der Waals surface area contributed by atoms with Crippen molar-refractivity contribution in [1.82, 2.24) is 0 Å². The smallest absolute Gasteiger partial charge is 0.143 e. The Morgan fingerprint density at radius 1 is 1.20 bits per heavy atom. The van der Waals surface area contributed by atoms with E-state index >= 15 is 0 Å². The van der Waals surface area contributed by atoms with E-state index in [1.807, 2.05) is 13.0 Å². The number of halogens is 3. The predicted molar refractivity (Wildman–Crippen MR) is 77.3 cm³/mol. The molecule has 1 N–H and O–H groups in total. The van der Waals surface area contributed by atoms with Gasteiger partial charge in [0.25, 0.3) is 0 Å². The van der Waals surface area contributed by atoms with Gasteiger partial charge in [-0.2, -0.15) is 5.26 Å². The first-order chi connectivity index (χ1) is 9.52. The maximum atomic E-state index is 13.5. The highest BCUT2D eigenvalue weighted by Gasteiger charge is 2.12. The van der Waals surface area contributed by atoms with Crippen LogP contribution < -0.4 is 5.32 Å². The molecule has 2 nitrogen and oxygen atoms in total. The van der Waals surface area contributed by atoms with E-state index in [2.05, 4.69) is 21.2 Å². The van der Waals surface area contributed by atoms with Crippen LogP contribution in [0.3, 0.4) is 0 Å². The van der Waals surface area contributed by atoms with Crippen LogP contribution in [0.15, 0.2) is 40.9 Å². The average molecular weight is 337 g/mol. The topological polar surface area (TPSA) is 35.8 Å². The van der Waals surface area contributed by atoms with E-state index in [-0.39, 0.29) is 17.4 Å². The standard InChI is InChI=1S/C15H11BrF2N2/c1-9(10-5-6-14(18)12(16)7-10)20-15-4-2-3-13(17)11(15)8-19/h2-7,9,20H,1H3. The van der Waals surface area contributed by atoms with E-state index in [4.69, 9.17) is 5.26 Å². The maximum absolute atomic E-state index is 13.5. The molecule has 1 unspecified atom stereocenters. The SMILES string of the molecule is CC(Nc1cccc(F)c1C#N)c1ccc(F)c(Br)c1. The summed E-state index contributed by atoms with van der Waals surface area (Å²) < 4.78 is 27.1. The molecule has 0 spiro atoms. The second-order valence-corrected chi connectivity index (χ2v) is 5.17. The number of nitrogens with zero attached hydrogens (tertiary/aromatic N) is 1. The van der Waals surface area contributed by atoms with Crippen molar-refractivity contribution in [1.29, 1.82) is 5.26 Å². The number of rotatable bonds is 3. The fraction of sp³-hybridized carbons (Fsp3) is 0.133. The third kappa shape index (κ3) is 2.97. The summed E-state index contributed by atoms with van der Waals surface area (Å²) in [7, 11) is 0. The third-order valence-electron chi connectivity index (χ3n) is 2.94. The van der Waals surface area contributed by atoms with Crippen LogP contribution in [0.5, 0.6) is 0 Å². The highest BCUT2D eigenvalue weighted by Crippen LogP contribution is 2.26. The van der Waals surface area contributed by atoms with Crippen molar-refractivity contribution in [2.45, 2.75) is 13.0 Å². The fourth-order valence-electron chi connectivity index (χ4n) is 1.86. The van der Waals surface area contributed by atoms with Crippen LogP contribution >= 0.6 is 15.9 Å². The van der Waals surface area contributed by atoms with Crippen molar-refractivity contribution in [3.8, 4) is 6.07 Å². The fourth-order valence-corrected chi connectivity index (χ4v) is 2.25. The second kappa shape index (κ2) is 6.02. The van der Waals surface area contributed by atoms with Gasteiger partial charge in [-0.25, -0.2) is 8.78 Å². The molecule has 5 heteroatoms. The molecule has 20 heavy (non-hydrogen) atoms. The molecule has 0 amide bonds. The van der Waals surface area contributed by atoms with Gasteiger partial charge in [0, 0.05) is 6.04 Å². The second-order valence-electron chi connectivity index (χ2n) is 4.31. The summed E-state index contributed by atoms with van der Waals surface area (Å²) in [6, 6.07) is 10.7. The molecule has 0 aromatic heterocycles. The Balaban J connectivity index is 2.28. The molecule has 0 fully saturated rings. The minimum atomic E-state index is -0.565. The van der Waals surface area contributed by atoms with Gasteiger partial charge in [-0.1, -0.05) is 12.1 Å². The van der Waals surface area contributed by atoms with Crippen molar-refractivity contribution >= 4 is 21.6 Å². The summed E-state index contributed by atoms with van der Waals surface area (Å²) in [6.07, 6.45) is 0. The van der Waals surface area contributed by atoms with E-state index in [1.165, 1.54) is 18.2 Å². The highest BCUT2D eigenvalue weighted by molar-refractivity contribution is 9.10. The number of hydrogen-bond acceptors (Lipinski definition) is 2. The zero-order valence-electron chi connectivity index (χ0n) is 10.6. The van der Waals surface area contributed by atoms with Gasteiger partial charge in [-0.3, -0.25) is 0 Å². The molecule has 2 rings (SSSR count). The number of nitrogens with one attached hydrogen (secondary N) is 1. The summed E-state index contributed by atoms with van der Waals surface area (Å²) in [5.74, 6) is -0.908. The van der Waals surface area contributed by atoms with E-state index in [1.54, 1.807) is 18.2 Å². The Bertz CT molecular complexity index is 680. The van der Waals surface area contributed by atoms with Crippen LogP contribution in [0.2, 0.25) is 0 Å². The molecule has 0 saturated carbocycles. The van der Waals surface area contributed by atoms with Crippen LogP contribution in [0.1, 0.15) is 24.1 Å². The van der Waals surface area contributed by atoms with Crippen LogP contribution in [0, 0.1) is 23.0 Å². The molecule has 2 aromatic rings. The van der Waals surface area contributed by atoms with E-state index in [0.717, 1.165) is 5.56 Å². The molecule has 0 aliphatic rings. The largest absolute Gasteiger partial charge is 0.377 e. The van der Waals surface area contributed by atoms with Gasteiger partial charge in [0.15, 0.2) is 0 Å². The Kier molecular flexibility index (Phi) is 4.35. The minimum absolute atomic E-state index is 0.0273. The maximum Gasteiger partial charge on any atom is 0.143 e. The molecule has 102 valence electrons. The molecule has 0 aliphatic carbocycles. The lowest BCUT2D eigenvalue weighted by molar-refractivity contribution is 0.619.